The zero-order chi connectivity index (χ0) is 27.3. The Morgan fingerprint density at radius 1 is 0.763 bits per heavy atom. The molecule has 0 atom stereocenters. The molecule has 1 aliphatic carbocycles. The molecule has 0 aromatic heterocycles. The van der Waals surface area contributed by atoms with E-state index in [1.807, 2.05) is 46.8 Å². The highest BCUT2D eigenvalue weighted by Crippen LogP contribution is 2.45. The number of carbonyl (C=O) groups excluding carboxylic acids is 2. The summed E-state index contributed by atoms with van der Waals surface area (Å²) in [5.74, 6) is 1.05. The first-order chi connectivity index (χ1) is 18.1. The van der Waals surface area contributed by atoms with E-state index in [9.17, 15) is 9.59 Å². The number of ether oxygens (including phenoxy) is 2. The van der Waals surface area contributed by atoms with Gasteiger partial charge in [-0.2, -0.15) is 0 Å². The van der Waals surface area contributed by atoms with Crippen LogP contribution in [0, 0.1) is 5.41 Å². The molecule has 1 fully saturated rings. The molecule has 0 amide bonds. The maximum absolute atomic E-state index is 12.8. The van der Waals surface area contributed by atoms with Crippen LogP contribution in [-0.4, -0.2) is 17.9 Å². The van der Waals surface area contributed by atoms with Crippen LogP contribution in [0.1, 0.15) is 105 Å². The highest BCUT2D eigenvalue weighted by molar-refractivity contribution is 6.01. The summed E-state index contributed by atoms with van der Waals surface area (Å²) in [6.45, 7) is 9.96. The summed E-state index contributed by atoms with van der Waals surface area (Å²) in [5.41, 5.74) is 3.11. The number of Topliss-reactive ketones (excluding diaryl/α,β-unsaturated/α-hetero) is 1. The molecule has 0 spiro atoms. The predicted octanol–water partition coefficient (Wildman–Crippen LogP) is 8.56. The summed E-state index contributed by atoms with van der Waals surface area (Å²) in [6.07, 6.45) is 6.72. The minimum Gasteiger partial charge on any atom is -0.491 e. The maximum atomic E-state index is 12.8. The summed E-state index contributed by atoms with van der Waals surface area (Å²) in [6, 6.07) is 23.3. The summed E-state index contributed by atoms with van der Waals surface area (Å²) in [7, 11) is 0. The number of ketones is 1. The molecule has 0 unspecified atom stereocenters. The van der Waals surface area contributed by atoms with E-state index in [2.05, 4.69) is 36.4 Å². The van der Waals surface area contributed by atoms with E-state index in [1.54, 1.807) is 24.3 Å². The number of esters is 1. The van der Waals surface area contributed by atoms with Crippen molar-refractivity contribution in [3.05, 3.63) is 95.1 Å². The molecule has 3 aromatic carbocycles. The first-order valence-corrected chi connectivity index (χ1v) is 13.9. The second-order valence-corrected chi connectivity index (χ2v) is 11.4. The molecule has 200 valence electrons. The van der Waals surface area contributed by atoms with Crippen molar-refractivity contribution in [3.63, 3.8) is 0 Å². The summed E-state index contributed by atoms with van der Waals surface area (Å²) in [5, 5.41) is 0. The second kappa shape index (κ2) is 11.6. The number of hydrogen-bond acceptors (Lipinski definition) is 4. The Balaban J connectivity index is 1.50. The summed E-state index contributed by atoms with van der Waals surface area (Å²) in [4.78, 5) is 25.5. The van der Waals surface area contributed by atoms with Crippen LogP contribution in [0.2, 0.25) is 0 Å². The fourth-order valence-electron chi connectivity index (χ4n) is 5.34. The van der Waals surface area contributed by atoms with E-state index in [1.165, 1.54) is 30.4 Å². The molecule has 3 aromatic rings. The first-order valence-electron chi connectivity index (χ1n) is 13.9. The topological polar surface area (TPSA) is 52.6 Å². The van der Waals surface area contributed by atoms with E-state index in [0.717, 1.165) is 25.0 Å². The lowest BCUT2D eigenvalue weighted by molar-refractivity contribution is 0.0733. The molecule has 4 heteroatoms. The van der Waals surface area contributed by atoms with Gasteiger partial charge in [-0.3, -0.25) is 4.79 Å². The Labute approximate surface area is 227 Å². The molecule has 0 bridgehead atoms. The van der Waals surface area contributed by atoms with E-state index in [-0.39, 0.29) is 17.3 Å². The van der Waals surface area contributed by atoms with Crippen molar-refractivity contribution in [3.8, 4) is 11.5 Å². The third-order valence-electron chi connectivity index (χ3n) is 7.98. The van der Waals surface area contributed by atoms with Gasteiger partial charge in [0.2, 0.25) is 0 Å². The van der Waals surface area contributed by atoms with Crippen molar-refractivity contribution in [2.24, 2.45) is 5.41 Å². The van der Waals surface area contributed by atoms with Crippen LogP contribution >= 0.6 is 0 Å². The van der Waals surface area contributed by atoms with Gasteiger partial charge in [-0.1, -0.05) is 76.4 Å². The van der Waals surface area contributed by atoms with E-state index in [0.29, 0.717) is 16.9 Å². The van der Waals surface area contributed by atoms with Gasteiger partial charge in [0.05, 0.1) is 11.7 Å². The van der Waals surface area contributed by atoms with Crippen molar-refractivity contribution in [1.82, 2.24) is 0 Å². The van der Waals surface area contributed by atoms with Gasteiger partial charge < -0.3 is 9.47 Å². The number of carbonyl (C=O) groups is 2. The van der Waals surface area contributed by atoms with Gasteiger partial charge in [0.1, 0.15) is 11.5 Å². The maximum Gasteiger partial charge on any atom is 0.343 e. The molecule has 1 aliphatic rings. The van der Waals surface area contributed by atoms with Crippen molar-refractivity contribution in [1.29, 1.82) is 0 Å². The lowest BCUT2D eigenvalue weighted by Crippen LogP contribution is -2.30. The van der Waals surface area contributed by atoms with Gasteiger partial charge in [0.15, 0.2) is 5.78 Å². The smallest absolute Gasteiger partial charge is 0.343 e. The third kappa shape index (κ3) is 6.01. The van der Waals surface area contributed by atoms with Crippen LogP contribution in [0.15, 0.2) is 72.8 Å². The molecule has 0 saturated heterocycles. The molecule has 0 aliphatic heterocycles. The Kier molecular flexibility index (Phi) is 8.40. The van der Waals surface area contributed by atoms with Crippen LogP contribution in [0.25, 0.3) is 0 Å². The molecule has 1 saturated carbocycles. The number of benzene rings is 3. The summed E-state index contributed by atoms with van der Waals surface area (Å²) < 4.78 is 11.5. The quantitative estimate of drug-likeness (QED) is 0.164. The van der Waals surface area contributed by atoms with Gasteiger partial charge in [-0.25, -0.2) is 4.79 Å². The van der Waals surface area contributed by atoms with Crippen molar-refractivity contribution in [2.75, 3.05) is 0 Å². The SMILES string of the molecule is CCC(C)(C)C(=O)c1ccc(C(=O)Oc2ccc(C3(c4ccc(OC(C)C)cc4)CCCCC3)cc2)cc1. The minimum atomic E-state index is -0.431. The average Bonchev–Trinajstić information content (AvgIpc) is 2.93. The highest BCUT2D eigenvalue weighted by atomic mass is 16.5. The van der Waals surface area contributed by atoms with Crippen molar-refractivity contribution < 1.29 is 19.1 Å². The zero-order valence-electron chi connectivity index (χ0n) is 23.4. The fraction of sp³-hybridized carbons (Fsp3) is 0.412. The monoisotopic (exact) mass is 512 g/mol. The Bertz CT molecular complexity index is 1230. The Morgan fingerprint density at radius 3 is 1.76 bits per heavy atom. The van der Waals surface area contributed by atoms with Crippen LogP contribution in [-0.2, 0) is 5.41 Å². The largest absolute Gasteiger partial charge is 0.491 e. The van der Waals surface area contributed by atoms with Gasteiger partial charge >= 0.3 is 5.97 Å². The van der Waals surface area contributed by atoms with Crippen LogP contribution in [0.5, 0.6) is 11.5 Å². The minimum absolute atomic E-state index is 0.0498. The molecule has 0 heterocycles. The molecular weight excluding hydrogens is 472 g/mol. The Hall–Kier alpha value is -3.40. The Morgan fingerprint density at radius 2 is 1.26 bits per heavy atom. The third-order valence-corrected chi connectivity index (χ3v) is 7.98. The number of rotatable bonds is 9. The van der Waals surface area contributed by atoms with E-state index < -0.39 is 11.4 Å². The van der Waals surface area contributed by atoms with Gasteiger partial charge in [0, 0.05) is 16.4 Å². The number of hydrogen-bond donors (Lipinski definition) is 0. The van der Waals surface area contributed by atoms with Crippen LogP contribution in [0.4, 0.5) is 0 Å². The van der Waals surface area contributed by atoms with Gasteiger partial charge in [-0.05, 0) is 80.6 Å². The van der Waals surface area contributed by atoms with Crippen LogP contribution < -0.4 is 9.47 Å². The normalized spacial score (nSPS) is 15.2. The van der Waals surface area contributed by atoms with Gasteiger partial charge in [0.25, 0.3) is 0 Å². The lowest BCUT2D eigenvalue weighted by atomic mass is 9.65. The van der Waals surface area contributed by atoms with Crippen LogP contribution in [0.3, 0.4) is 0 Å². The highest BCUT2D eigenvalue weighted by Gasteiger charge is 2.35. The standard InChI is InChI=1S/C34H40O4/c1-6-33(4,5)31(35)25-10-12-26(13-11-25)32(36)38-30-20-16-28(17-21-30)34(22-8-7-9-23-34)27-14-18-29(19-15-27)37-24(2)3/h10-21,24H,6-9,22-23H2,1-5H3. The first kappa shape index (κ1) is 27.6. The van der Waals surface area contributed by atoms with E-state index in [4.69, 9.17) is 9.47 Å². The molecule has 0 N–H and O–H groups in total. The molecule has 38 heavy (non-hydrogen) atoms. The van der Waals surface area contributed by atoms with E-state index >= 15 is 0 Å². The molecule has 4 nitrogen and oxygen atoms in total. The summed E-state index contributed by atoms with van der Waals surface area (Å²) >= 11 is 0. The molecule has 0 radical (unpaired) electrons. The lowest BCUT2D eigenvalue weighted by Gasteiger charge is -2.38. The fourth-order valence-corrected chi connectivity index (χ4v) is 5.34. The molecular formula is C34H40O4. The average molecular weight is 513 g/mol. The zero-order valence-corrected chi connectivity index (χ0v) is 23.4. The van der Waals surface area contributed by atoms with Crippen molar-refractivity contribution >= 4 is 11.8 Å². The van der Waals surface area contributed by atoms with Gasteiger partial charge in [-0.15, -0.1) is 0 Å². The molecule has 4 rings (SSSR count). The van der Waals surface area contributed by atoms with Crippen molar-refractivity contribution in [2.45, 2.75) is 84.7 Å². The second-order valence-electron chi connectivity index (χ2n) is 11.4. The predicted molar refractivity (Wildman–Crippen MR) is 152 cm³/mol.